The van der Waals surface area contributed by atoms with Crippen molar-refractivity contribution in [2.24, 2.45) is 0 Å². The van der Waals surface area contributed by atoms with Crippen LogP contribution in [-0.4, -0.2) is 51.7 Å². The molecule has 0 saturated carbocycles. The van der Waals surface area contributed by atoms with E-state index in [1.54, 1.807) is 24.3 Å². The van der Waals surface area contributed by atoms with Crippen LogP contribution in [0.1, 0.15) is 12.8 Å². The van der Waals surface area contributed by atoms with Crippen LogP contribution < -0.4 is 9.46 Å². The Hall–Kier alpha value is -2.35. The zero-order chi connectivity index (χ0) is 20.7. The van der Waals surface area contributed by atoms with Crippen LogP contribution in [0.3, 0.4) is 0 Å². The van der Waals surface area contributed by atoms with E-state index >= 15 is 0 Å². The first-order valence-corrected chi connectivity index (χ1v) is 11.4. The summed E-state index contributed by atoms with van der Waals surface area (Å²) in [7, 11) is 0.524. The van der Waals surface area contributed by atoms with Gasteiger partial charge >= 0.3 is 0 Å². The number of para-hydroxylation sites is 1. The number of nitrogens with one attached hydrogen (secondary N) is 1. The van der Waals surface area contributed by atoms with Crippen LogP contribution in [0, 0.1) is 0 Å². The maximum absolute atomic E-state index is 12.5. The van der Waals surface area contributed by atoms with Crippen LogP contribution in [0.4, 0.5) is 0 Å². The quantitative estimate of drug-likeness (QED) is 0.488. The topological polar surface area (TPSA) is 63.6 Å². The van der Waals surface area contributed by atoms with Crippen molar-refractivity contribution in [1.82, 2.24) is 14.2 Å². The number of nitrogens with zero attached hydrogens (tertiary/aromatic N) is 2. The minimum absolute atomic E-state index is 0.254. The molecule has 3 rings (SSSR count). The van der Waals surface area contributed by atoms with Gasteiger partial charge in [0.05, 0.1) is 11.5 Å². The average Bonchev–Trinajstić information content (AvgIpc) is 3.12. The van der Waals surface area contributed by atoms with Crippen molar-refractivity contribution >= 4 is 20.9 Å². The minimum atomic E-state index is -3.52. The summed E-state index contributed by atoms with van der Waals surface area (Å²) in [5, 5.41) is 1.19. The molecule has 0 spiro atoms. The second-order valence-corrected chi connectivity index (χ2v) is 9.06. The Bertz CT molecular complexity index is 1010. The Morgan fingerprint density at radius 3 is 2.52 bits per heavy atom. The summed E-state index contributed by atoms with van der Waals surface area (Å²) in [6.45, 7) is 2.71. The third-order valence-corrected chi connectivity index (χ3v) is 6.18. The SMILES string of the molecule is CN(C)CCCOc1ccc(S(=O)(=O)NCCCn2ccc3ccccc32)cc1. The molecule has 0 atom stereocenters. The first-order chi connectivity index (χ1) is 14.0. The number of ether oxygens (including phenoxy) is 1. The second kappa shape index (κ2) is 9.91. The molecule has 6 nitrogen and oxygen atoms in total. The van der Waals surface area contributed by atoms with Crippen molar-refractivity contribution in [3.63, 3.8) is 0 Å². The molecule has 0 aliphatic rings. The first kappa shape index (κ1) is 21.4. The number of aromatic nitrogens is 1. The Kier molecular flexibility index (Phi) is 7.30. The summed E-state index contributed by atoms with van der Waals surface area (Å²) >= 11 is 0. The zero-order valence-corrected chi connectivity index (χ0v) is 17.9. The molecule has 0 amide bonds. The highest BCUT2D eigenvalue weighted by atomic mass is 32.2. The van der Waals surface area contributed by atoms with Crippen molar-refractivity contribution in [1.29, 1.82) is 0 Å². The highest BCUT2D eigenvalue weighted by Crippen LogP contribution is 2.17. The van der Waals surface area contributed by atoms with Crippen molar-refractivity contribution in [2.75, 3.05) is 33.8 Å². The van der Waals surface area contributed by atoms with Crippen LogP contribution >= 0.6 is 0 Å². The molecule has 0 radical (unpaired) electrons. The van der Waals surface area contributed by atoms with Gasteiger partial charge in [-0.25, -0.2) is 13.1 Å². The fourth-order valence-electron chi connectivity index (χ4n) is 3.16. The van der Waals surface area contributed by atoms with Gasteiger partial charge in [-0.15, -0.1) is 0 Å². The second-order valence-electron chi connectivity index (χ2n) is 7.30. The molecule has 0 fully saturated rings. The van der Waals surface area contributed by atoms with Gasteiger partial charge in [-0.2, -0.15) is 0 Å². The van der Waals surface area contributed by atoms with Gasteiger partial charge in [-0.3, -0.25) is 0 Å². The molecular formula is C22H29N3O3S. The highest BCUT2D eigenvalue weighted by Gasteiger charge is 2.13. The van der Waals surface area contributed by atoms with E-state index in [0.29, 0.717) is 25.3 Å². The zero-order valence-electron chi connectivity index (χ0n) is 17.0. The number of rotatable bonds is 11. The minimum Gasteiger partial charge on any atom is -0.494 e. The van der Waals surface area contributed by atoms with E-state index in [0.717, 1.165) is 25.0 Å². The molecular weight excluding hydrogens is 386 g/mol. The Labute approximate surface area is 173 Å². The number of fused-ring (bicyclic) bond motifs is 1. The summed E-state index contributed by atoms with van der Waals surface area (Å²) in [5.41, 5.74) is 1.16. The summed E-state index contributed by atoms with van der Waals surface area (Å²) in [6.07, 6.45) is 3.67. The van der Waals surface area contributed by atoms with E-state index in [2.05, 4.69) is 32.4 Å². The molecule has 1 N–H and O–H groups in total. The van der Waals surface area contributed by atoms with Crippen LogP contribution in [-0.2, 0) is 16.6 Å². The highest BCUT2D eigenvalue weighted by molar-refractivity contribution is 7.89. The molecule has 0 saturated heterocycles. The average molecular weight is 416 g/mol. The smallest absolute Gasteiger partial charge is 0.240 e. The van der Waals surface area contributed by atoms with Crippen LogP contribution in [0.2, 0.25) is 0 Å². The Morgan fingerprint density at radius 1 is 1.00 bits per heavy atom. The van der Waals surface area contributed by atoms with Gasteiger partial charge in [0, 0.05) is 31.3 Å². The van der Waals surface area contributed by atoms with Crippen LogP contribution in [0.15, 0.2) is 65.7 Å². The molecule has 0 unspecified atom stereocenters. The first-order valence-electron chi connectivity index (χ1n) is 9.87. The summed E-state index contributed by atoms with van der Waals surface area (Å²) in [6, 6.07) is 16.8. The van der Waals surface area contributed by atoms with Crippen molar-refractivity contribution in [2.45, 2.75) is 24.3 Å². The van der Waals surface area contributed by atoms with E-state index in [1.165, 1.54) is 5.39 Å². The maximum Gasteiger partial charge on any atom is 0.240 e. The summed E-state index contributed by atoms with van der Waals surface area (Å²) < 4.78 is 35.5. The fourth-order valence-corrected chi connectivity index (χ4v) is 4.23. The Balaban J connectivity index is 1.46. The third kappa shape index (κ3) is 6.06. The normalized spacial score (nSPS) is 12.0. The lowest BCUT2D eigenvalue weighted by atomic mass is 10.2. The van der Waals surface area contributed by atoms with Gasteiger partial charge in [0.1, 0.15) is 5.75 Å². The molecule has 3 aromatic rings. The number of aryl methyl sites for hydroxylation is 1. The fraction of sp³-hybridized carbons (Fsp3) is 0.364. The van der Waals surface area contributed by atoms with Gasteiger partial charge in [-0.1, -0.05) is 18.2 Å². The predicted octanol–water partition coefficient (Wildman–Crippen LogP) is 3.34. The molecule has 0 bridgehead atoms. The van der Waals surface area contributed by atoms with E-state index in [1.807, 2.05) is 32.4 Å². The lowest BCUT2D eigenvalue weighted by Crippen LogP contribution is -2.25. The van der Waals surface area contributed by atoms with Gasteiger partial charge < -0.3 is 14.2 Å². The molecule has 29 heavy (non-hydrogen) atoms. The molecule has 1 heterocycles. The van der Waals surface area contributed by atoms with Crippen molar-refractivity contribution in [3.05, 3.63) is 60.8 Å². The molecule has 0 aliphatic carbocycles. The molecule has 7 heteroatoms. The van der Waals surface area contributed by atoms with Crippen LogP contribution in [0.25, 0.3) is 10.9 Å². The molecule has 0 aliphatic heterocycles. The third-order valence-electron chi connectivity index (χ3n) is 4.70. The van der Waals surface area contributed by atoms with Gasteiger partial charge in [-0.05, 0) is 68.7 Å². The Morgan fingerprint density at radius 2 is 1.76 bits per heavy atom. The summed E-state index contributed by atoms with van der Waals surface area (Å²) in [4.78, 5) is 2.35. The summed E-state index contributed by atoms with van der Waals surface area (Å²) in [5.74, 6) is 0.683. The largest absolute Gasteiger partial charge is 0.494 e. The molecule has 156 valence electrons. The number of hydrogen-bond donors (Lipinski definition) is 1. The van der Waals surface area contributed by atoms with E-state index in [-0.39, 0.29) is 4.90 Å². The van der Waals surface area contributed by atoms with E-state index < -0.39 is 10.0 Å². The standard InChI is InChI=1S/C22H29N3O3S/c1-24(2)15-6-18-28-20-9-11-21(12-10-20)29(26,27)23-14-5-16-25-17-13-19-7-3-4-8-22(19)25/h3-4,7-13,17,23H,5-6,14-16,18H2,1-2H3. The van der Waals surface area contributed by atoms with Gasteiger partial charge in [0.2, 0.25) is 10.0 Å². The number of hydrogen-bond acceptors (Lipinski definition) is 4. The lowest BCUT2D eigenvalue weighted by Gasteiger charge is -2.11. The monoisotopic (exact) mass is 415 g/mol. The molecule has 1 aromatic heterocycles. The molecule has 2 aromatic carbocycles. The van der Waals surface area contributed by atoms with Crippen LogP contribution in [0.5, 0.6) is 5.75 Å². The van der Waals surface area contributed by atoms with Crippen molar-refractivity contribution in [3.8, 4) is 5.75 Å². The predicted molar refractivity (Wildman–Crippen MR) is 117 cm³/mol. The van der Waals surface area contributed by atoms with Crippen molar-refractivity contribution < 1.29 is 13.2 Å². The maximum atomic E-state index is 12.5. The van der Waals surface area contributed by atoms with Gasteiger partial charge in [0.25, 0.3) is 0 Å². The number of benzene rings is 2. The van der Waals surface area contributed by atoms with E-state index in [4.69, 9.17) is 4.74 Å². The number of sulfonamides is 1. The lowest BCUT2D eigenvalue weighted by molar-refractivity contribution is 0.281. The van der Waals surface area contributed by atoms with Gasteiger partial charge in [0.15, 0.2) is 0 Å². The van der Waals surface area contributed by atoms with E-state index in [9.17, 15) is 8.42 Å².